The molecule has 1 heterocycles. The Bertz CT molecular complexity index is 978. The van der Waals surface area contributed by atoms with E-state index in [1.807, 2.05) is 44.2 Å². The van der Waals surface area contributed by atoms with E-state index in [4.69, 9.17) is 4.74 Å². The Morgan fingerprint density at radius 3 is 2.04 bits per heavy atom. The highest BCUT2D eigenvalue weighted by atomic mass is 32.2. The van der Waals surface area contributed by atoms with Gasteiger partial charge in [0.05, 0.1) is 15.9 Å². The summed E-state index contributed by atoms with van der Waals surface area (Å²) in [5.41, 5.74) is 0. The first-order valence-corrected chi connectivity index (χ1v) is 11.9. The molecule has 3 rings (SSSR count). The maximum atomic E-state index is 12.7. The average molecular weight is 410 g/mol. The van der Waals surface area contributed by atoms with Crippen molar-refractivity contribution in [3.8, 4) is 11.5 Å². The van der Waals surface area contributed by atoms with Crippen molar-refractivity contribution >= 4 is 19.9 Å². The van der Waals surface area contributed by atoms with E-state index >= 15 is 0 Å². The van der Waals surface area contributed by atoms with Crippen LogP contribution < -0.4 is 4.74 Å². The van der Waals surface area contributed by atoms with Gasteiger partial charge in [0.25, 0.3) is 0 Å². The van der Waals surface area contributed by atoms with E-state index in [1.54, 1.807) is 12.1 Å². The van der Waals surface area contributed by atoms with Crippen LogP contribution in [-0.2, 0) is 19.9 Å². The zero-order valence-corrected chi connectivity index (χ0v) is 16.9. The summed E-state index contributed by atoms with van der Waals surface area (Å²) in [5.74, 6) is 1.30. The Balaban J connectivity index is 1.66. The minimum absolute atomic E-state index is 0.0135. The first kappa shape index (κ1) is 19.9. The smallest absolute Gasteiger partial charge is 0.243 e. The van der Waals surface area contributed by atoms with Crippen LogP contribution in [0.5, 0.6) is 11.5 Å². The second-order valence-electron chi connectivity index (χ2n) is 7.05. The van der Waals surface area contributed by atoms with Crippen LogP contribution in [0.25, 0.3) is 0 Å². The Morgan fingerprint density at radius 1 is 0.926 bits per heavy atom. The fourth-order valence-electron chi connectivity index (χ4n) is 2.88. The number of hydrogen-bond acceptors (Lipinski definition) is 5. The van der Waals surface area contributed by atoms with Gasteiger partial charge in [-0.05, 0) is 42.3 Å². The van der Waals surface area contributed by atoms with E-state index in [0.29, 0.717) is 11.5 Å². The van der Waals surface area contributed by atoms with Crippen LogP contribution in [0.15, 0.2) is 59.5 Å². The van der Waals surface area contributed by atoms with Gasteiger partial charge >= 0.3 is 0 Å². The predicted molar refractivity (Wildman–Crippen MR) is 104 cm³/mol. The zero-order chi connectivity index (χ0) is 19.7. The van der Waals surface area contributed by atoms with Crippen LogP contribution in [0.1, 0.15) is 13.8 Å². The molecule has 6 nitrogen and oxygen atoms in total. The van der Waals surface area contributed by atoms with Crippen LogP contribution in [0.2, 0.25) is 0 Å². The molecule has 0 spiro atoms. The molecule has 0 unspecified atom stereocenters. The van der Waals surface area contributed by atoms with Gasteiger partial charge in [0.2, 0.25) is 10.0 Å². The normalized spacial score (nSPS) is 16.3. The molecule has 0 aromatic heterocycles. The van der Waals surface area contributed by atoms with Gasteiger partial charge in [-0.1, -0.05) is 32.0 Å². The molecule has 0 aliphatic carbocycles. The molecule has 1 aliphatic heterocycles. The van der Waals surface area contributed by atoms with Crippen LogP contribution in [0.4, 0.5) is 0 Å². The standard InChI is InChI=1S/C19H23NO5S2/c1-15(2)14-26(21,22)19-12-20(13-19)27(23,24)18-10-8-17(9-11-18)25-16-6-4-3-5-7-16/h3-11,15,19H,12-14H2,1-2H3. The second kappa shape index (κ2) is 7.61. The van der Waals surface area contributed by atoms with Crippen molar-refractivity contribution in [1.29, 1.82) is 0 Å². The summed E-state index contributed by atoms with van der Waals surface area (Å²) in [6.45, 7) is 3.70. The number of benzene rings is 2. The summed E-state index contributed by atoms with van der Waals surface area (Å²) >= 11 is 0. The third-order valence-electron chi connectivity index (χ3n) is 4.33. The van der Waals surface area contributed by atoms with E-state index < -0.39 is 25.1 Å². The zero-order valence-electron chi connectivity index (χ0n) is 15.3. The maximum Gasteiger partial charge on any atom is 0.243 e. The Labute approximate surface area is 160 Å². The van der Waals surface area contributed by atoms with Crippen LogP contribution in [0.3, 0.4) is 0 Å². The summed E-state index contributed by atoms with van der Waals surface area (Å²) in [4.78, 5) is 0.127. The van der Waals surface area contributed by atoms with E-state index in [1.165, 1.54) is 16.4 Å². The summed E-state index contributed by atoms with van der Waals surface area (Å²) in [6.07, 6.45) is 0. The molecule has 146 valence electrons. The number of sulfonamides is 1. The van der Waals surface area contributed by atoms with E-state index in [2.05, 4.69) is 0 Å². The highest BCUT2D eigenvalue weighted by molar-refractivity contribution is 7.92. The number of para-hydroxylation sites is 1. The fraction of sp³-hybridized carbons (Fsp3) is 0.368. The minimum Gasteiger partial charge on any atom is -0.457 e. The summed E-state index contributed by atoms with van der Waals surface area (Å²) in [6, 6.07) is 15.3. The van der Waals surface area contributed by atoms with Gasteiger partial charge in [0.15, 0.2) is 9.84 Å². The Hall–Kier alpha value is -1.90. The first-order chi connectivity index (χ1) is 12.7. The largest absolute Gasteiger partial charge is 0.457 e. The SMILES string of the molecule is CC(C)CS(=O)(=O)C1CN(S(=O)(=O)c2ccc(Oc3ccccc3)cc2)C1. The van der Waals surface area contributed by atoms with Crippen molar-refractivity contribution < 1.29 is 21.6 Å². The molecule has 0 N–H and O–H groups in total. The molecule has 0 radical (unpaired) electrons. The first-order valence-electron chi connectivity index (χ1n) is 8.73. The van der Waals surface area contributed by atoms with E-state index in [-0.39, 0.29) is 29.7 Å². The number of ether oxygens (including phenoxy) is 1. The molecule has 27 heavy (non-hydrogen) atoms. The van der Waals surface area contributed by atoms with Crippen molar-refractivity contribution in [2.24, 2.45) is 5.92 Å². The van der Waals surface area contributed by atoms with Crippen molar-refractivity contribution in [2.75, 3.05) is 18.8 Å². The van der Waals surface area contributed by atoms with Gasteiger partial charge in [-0.2, -0.15) is 4.31 Å². The van der Waals surface area contributed by atoms with Gasteiger partial charge in [-0.25, -0.2) is 16.8 Å². The number of rotatable bonds is 7. The van der Waals surface area contributed by atoms with Crippen LogP contribution >= 0.6 is 0 Å². The topological polar surface area (TPSA) is 80.8 Å². The molecule has 0 atom stereocenters. The minimum atomic E-state index is -3.70. The third-order valence-corrected chi connectivity index (χ3v) is 8.62. The number of sulfone groups is 1. The molecule has 1 fully saturated rings. The predicted octanol–water partition coefficient (Wildman–Crippen LogP) is 2.92. The Kier molecular flexibility index (Phi) is 5.60. The summed E-state index contributed by atoms with van der Waals surface area (Å²) in [7, 11) is -6.97. The van der Waals surface area contributed by atoms with Gasteiger partial charge < -0.3 is 4.74 Å². The molecule has 0 amide bonds. The van der Waals surface area contributed by atoms with Gasteiger partial charge in [0, 0.05) is 13.1 Å². The van der Waals surface area contributed by atoms with Crippen LogP contribution in [0, 0.1) is 5.92 Å². The lowest BCUT2D eigenvalue weighted by molar-refractivity contribution is 0.309. The fourth-order valence-corrected chi connectivity index (χ4v) is 6.61. The highest BCUT2D eigenvalue weighted by Crippen LogP contribution is 2.28. The number of nitrogens with zero attached hydrogens (tertiary/aromatic N) is 1. The lowest BCUT2D eigenvalue weighted by Gasteiger charge is -2.37. The highest BCUT2D eigenvalue weighted by Gasteiger charge is 2.43. The Morgan fingerprint density at radius 2 is 1.48 bits per heavy atom. The van der Waals surface area contributed by atoms with Crippen molar-refractivity contribution in [2.45, 2.75) is 24.0 Å². The molecule has 1 saturated heterocycles. The molecule has 0 saturated carbocycles. The van der Waals surface area contributed by atoms with Crippen molar-refractivity contribution in [1.82, 2.24) is 4.31 Å². The van der Waals surface area contributed by atoms with E-state index in [9.17, 15) is 16.8 Å². The lowest BCUT2D eigenvalue weighted by atomic mass is 10.3. The van der Waals surface area contributed by atoms with Crippen molar-refractivity contribution in [3.05, 3.63) is 54.6 Å². The molecule has 0 bridgehead atoms. The average Bonchev–Trinajstić information content (AvgIpc) is 2.53. The monoisotopic (exact) mass is 409 g/mol. The number of hydrogen-bond donors (Lipinski definition) is 0. The molecular formula is C19H23NO5S2. The second-order valence-corrected chi connectivity index (χ2v) is 11.3. The summed E-state index contributed by atoms with van der Waals surface area (Å²) in [5, 5.41) is -0.615. The third kappa shape index (κ3) is 4.51. The van der Waals surface area contributed by atoms with Gasteiger partial charge in [-0.3, -0.25) is 0 Å². The lowest BCUT2D eigenvalue weighted by Crippen LogP contribution is -2.57. The molecular weight excluding hydrogens is 386 g/mol. The summed E-state index contributed by atoms with van der Waals surface area (Å²) < 4.78 is 56.6. The molecule has 2 aromatic carbocycles. The van der Waals surface area contributed by atoms with Crippen LogP contribution in [-0.4, -0.2) is 45.2 Å². The molecule has 2 aromatic rings. The molecule has 1 aliphatic rings. The maximum absolute atomic E-state index is 12.7. The van der Waals surface area contributed by atoms with E-state index in [0.717, 1.165) is 0 Å². The van der Waals surface area contributed by atoms with Crippen molar-refractivity contribution in [3.63, 3.8) is 0 Å². The van der Waals surface area contributed by atoms with Gasteiger partial charge in [-0.15, -0.1) is 0 Å². The molecule has 8 heteroatoms. The van der Waals surface area contributed by atoms with Gasteiger partial charge in [0.1, 0.15) is 11.5 Å². The quantitative estimate of drug-likeness (QED) is 0.702.